The molecule has 37 heavy (non-hydrogen) atoms. The lowest BCUT2D eigenvalue weighted by atomic mass is 10.1. The van der Waals surface area contributed by atoms with Gasteiger partial charge in [-0.3, -0.25) is 24.5 Å². The summed E-state index contributed by atoms with van der Waals surface area (Å²) in [7, 11) is 0. The number of aryl methyl sites for hydroxylation is 1. The fraction of sp³-hybridized carbons (Fsp3) is 0.333. The Bertz CT molecular complexity index is 1410. The number of amides is 1. The van der Waals surface area contributed by atoms with Crippen LogP contribution in [0.3, 0.4) is 0 Å². The molecule has 1 aromatic carbocycles. The monoisotopic (exact) mass is 536 g/mol. The Hall–Kier alpha value is -3.55. The lowest BCUT2D eigenvalue weighted by Gasteiger charge is -2.13. The Kier molecular flexibility index (Phi) is 7.22. The van der Waals surface area contributed by atoms with E-state index >= 15 is 0 Å². The highest BCUT2D eigenvalue weighted by molar-refractivity contribution is 7.16. The number of thiophene rings is 1. The Morgan fingerprint density at radius 3 is 2.27 bits per heavy atom. The lowest BCUT2D eigenvalue weighted by molar-refractivity contribution is -0.137. The number of aliphatic hydroxyl groups excluding tert-OH is 2. The summed E-state index contributed by atoms with van der Waals surface area (Å²) in [4.78, 5) is 44.3. The van der Waals surface area contributed by atoms with E-state index in [9.17, 15) is 37.8 Å². The molecule has 1 amide bonds. The lowest BCUT2D eigenvalue weighted by Crippen LogP contribution is -2.29. The summed E-state index contributed by atoms with van der Waals surface area (Å²) in [6, 6.07) is 7.11. The average Bonchev–Trinajstić information content (AvgIpc) is 3.54. The van der Waals surface area contributed by atoms with Crippen molar-refractivity contribution >= 4 is 28.7 Å². The third-order valence-corrected chi connectivity index (χ3v) is 7.10. The van der Waals surface area contributed by atoms with E-state index in [1.54, 1.807) is 13.8 Å². The van der Waals surface area contributed by atoms with E-state index in [1.165, 1.54) is 29.2 Å². The maximum atomic E-state index is 12.9. The highest BCUT2D eigenvalue weighted by Crippen LogP contribution is 2.29. The molecule has 0 saturated carbocycles. The zero-order valence-electron chi connectivity index (χ0n) is 19.7. The van der Waals surface area contributed by atoms with Gasteiger partial charge in [0, 0.05) is 24.5 Å². The van der Waals surface area contributed by atoms with Crippen molar-refractivity contribution < 1.29 is 33.0 Å². The van der Waals surface area contributed by atoms with Gasteiger partial charge in [0.2, 0.25) is 0 Å². The van der Waals surface area contributed by atoms with E-state index in [0.29, 0.717) is 5.69 Å². The van der Waals surface area contributed by atoms with Gasteiger partial charge in [-0.2, -0.15) is 13.2 Å². The standard InChI is InChI=1S/C24H23F3N4O5S/c1-12(21-13(2)29-31(23(21)36)15-5-3-14(4-6-15)24(25,26)27)28-9-16(32)19-7-8-20(37-19)22(35)30-10-17(33)18(34)11-30/h3-8,17-18,29,33-34H,9-11H2,1-2H3. The fourth-order valence-electron chi connectivity index (χ4n) is 4.00. The molecular formula is C24H23F3N4O5S. The zero-order valence-corrected chi connectivity index (χ0v) is 20.6. The average molecular weight is 537 g/mol. The van der Waals surface area contributed by atoms with Crippen molar-refractivity contribution in [2.24, 2.45) is 4.99 Å². The molecule has 1 fully saturated rings. The van der Waals surface area contributed by atoms with Crippen LogP contribution in [-0.2, 0) is 6.18 Å². The number of rotatable bonds is 6. The van der Waals surface area contributed by atoms with Crippen molar-refractivity contribution in [3.63, 3.8) is 0 Å². The minimum Gasteiger partial charge on any atom is -0.388 e. The van der Waals surface area contributed by atoms with Crippen molar-refractivity contribution in [3.05, 3.63) is 73.3 Å². The summed E-state index contributed by atoms with van der Waals surface area (Å²) in [5.74, 6) is -0.771. The van der Waals surface area contributed by atoms with Gasteiger partial charge < -0.3 is 15.1 Å². The van der Waals surface area contributed by atoms with Gasteiger partial charge in [0.1, 0.15) is 6.54 Å². The van der Waals surface area contributed by atoms with Gasteiger partial charge in [-0.05, 0) is 50.2 Å². The summed E-state index contributed by atoms with van der Waals surface area (Å²) in [6.45, 7) is 2.89. The third kappa shape index (κ3) is 5.43. The van der Waals surface area contributed by atoms with Gasteiger partial charge in [-0.15, -0.1) is 11.3 Å². The fourth-order valence-corrected chi connectivity index (χ4v) is 4.90. The van der Waals surface area contributed by atoms with Crippen LogP contribution in [0.4, 0.5) is 13.2 Å². The highest BCUT2D eigenvalue weighted by Gasteiger charge is 2.33. The predicted octanol–water partition coefficient (Wildman–Crippen LogP) is 2.42. The number of likely N-dealkylation sites (tertiary alicyclic amines) is 1. The van der Waals surface area contributed by atoms with Gasteiger partial charge in [0.05, 0.1) is 38.8 Å². The molecule has 13 heteroatoms. The topological polar surface area (TPSA) is 128 Å². The molecular weight excluding hydrogens is 513 g/mol. The van der Waals surface area contributed by atoms with Crippen molar-refractivity contribution in [2.45, 2.75) is 32.2 Å². The van der Waals surface area contributed by atoms with Crippen LogP contribution >= 0.6 is 11.3 Å². The number of alkyl halides is 3. The highest BCUT2D eigenvalue weighted by atomic mass is 32.1. The number of ketones is 1. The molecule has 0 bridgehead atoms. The van der Waals surface area contributed by atoms with E-state index in [-0.39, 0.29) is 52.1 Å². The van der Waals surface area contributed by atoms with Gasteiger partial charge in [-0.1, -0.05) is 0 Å². The minimum absolute atomic E-state index is 0.00465. The molecule has 2 atom stereocenters. The molecule has 4 rings (SSSR count). The first kappa shape index (κ1) is 26.5. The van der Waals surface area contributed by atoms with E-state index in [2.05, 4.69) is 10.1 Å². The van der Waals surface area contributed by atoms with Crippen LogP contribution in [0.1, 0.15) is 43.1 Å². The number of benzene rings is 1. The van der Waals surface area contributed by atoms with Gasteiger partial charge >= 0.3 is 6.18 Å². The zero-order chi connectivity index (χ0) is 27.1. The number of hydrogen-bond donors (Lipinski definition) is 3. The number of carbonyl (C=O) groups is 2. The first-order valence-electron chi connectivity index (χ1n) is 11.2. The number of nitrogens with zero attached hydrogens (tertiary/aromatic N) is 3. The number of aliphatic imine (C=N–C) groups is 1. The number of Topliss-reactive ketones (excluding diaryl/α,β-unsaturated/α-hetero) is 1. The quantitative estimate of drug-likeness (QED) is 0.329. The Morgan fingerprint density at radius 1 is 1.08 bits per heavy atom. The number of aliphatic hydroxyl groups is 2. The van der Waals surface area contributed by atoms with Crippen LogP contribution in [0, 0.1) is 6.92 Å². The van der Waals surface area contributed by atoms with Crippen molar-refractivity contribution in [1.29, 1.82) is 0 Å². The van der Waals surface area contributed by atoms with Crippen molar-refractivity contribution in [3.8, 4) is 5.69 Å². The van der Waals surface area contributed by atoms with Crippen LogP contribution in [-0.4, -0.2) is 74.1 Å². The maximum absolute atomic E-state index is 12.9. The van der Waals surface area contributed by atoms with E-state index in [4.69, 9.17) is 0 Å². The largest absolute Gasteiger partial charge is 0.416 e. The van der Waals surface area contributed by atoms with Crippen molar-refractivity contribution in [2.75, 3.05) is 19.6 Å². The SMILES string of the molecule is CC(=NCC(=O)c1ccc(C(=O)N2CC(O)C(O)C2)s1)c1c(C)[nH]n(-c2ccc(C(F)(F)F)cc2)c1=O. The number of aromatic nitrogens is 2. The van der Waals surface area contributed by atoms with E-state index < -0.39 is 35.4 Å². The van der Waals surface area contributed by atoms with Crippen molar-refractivity contribution in [1.82, 2.24) is 14.7 Å². The number of H-pyrrole nitrogens is 1. The molecule has 0 spiro atoms. The third-order valence-electron chi connectivity index (χ3n) is 5.98. The van der Waals surface area contributed by atoms with Crippen LogP contribution in [0.2, 0.25) is 0 Å². The maximum Gasteiger partial charge on any atom is 0.416 e. The van der Waals surface area contributed by atoms with Crippen LogP contribution in [0.5, 0.6) is 0 Å². The number of β-amino-alcohol motifs (C(OH)–C–C–N with tert-alkyl or cyclic N) is 2. The summed E-state index contributed by atoms with van der Waals surface area (Å²) in [5, 5.41) is 22.1. The van der Waals surface area contributed by atoms with Gasteiger partial charge in [-0.25, -0.2) is 4.68 Å². The summed E-state index contributed by atoms with van der Waals surface area (Å²) < 4.78 is 39.6. The smallest absolute Gasteiger partial charge is 0.388 e. The Labute approximate surface area is 212 Å². The Balaban J connectivity index is 1.47. The number of aromatic amines is 1. The van der Waals surface area contributed by atoms with E-state index in [1.807, 2.05) is 0 Å². The predicted molar refractivity (Wildman–Crippen MR) is 130 cm³/mol. The normalized spacial score (nSPS) is 18.5. The molecule has 1 saturated heterocycles. The molecule has 0 radical (unpaired) electrons. The summed E-state index contributed by atoms with van der Waals surface area (Å²) >= 11 is 0.971. The molecule has 1 aliphatic heterocycles. The van der Waals surface area contributed by atoms with Gasteiger partial charge in [0.25, 0.3) is 11.5 Å². The number of hydrogen-bond acceptors (Lipinski definition) is 7. The van der Waals surface area contributed by atoms with E-state index in [0.717, 1.165) is 28.2 Å². The molecule has 3 aromatic rings. The molecule has 3 N–H and O–H groups in total. The molecule has 196 valence electrons. The molecule has 3 heterocycles. The molecule has 9 nitrogen and oxygen atoms in total. The summed E-state index contributed by atoms with van der Waals surface area (Å²) in [5.41, 5.74) is -0.253. The Morgan fingerprint density at radius 2 is 1.68 bits per heavy atom. The molecule has 0 aliphatic carbocycles. The number of carbonyl (C=O) groups excluding carboxylic acids is 2. The number of halogens is 3. The summed E-state index contributed by atoms with van der Waals surface area (Å²) in [6.07, 6.45) is -6.52. The second-order valence-electron chi connectivity index (χ2n) is 8.63. The van der Waals surface area contributed by atoms with Crippen LogP contribution in [0.15, 0.2) is 46.2 Å². The molecule has 2 aromatic heterocycles. The first-order valence-corrected chi connectivity index (χ1v) is 12.0. The van der Waals surface area contributed by atoms with Crippen LogP contribution in [0.25, 0.3) is 5.69 Å². The molecule has 1 aliphatic rings. The van der Waals surface area contributed by atoms with Crippen LogP contribution < -0.4 is 5.56 Å². The first-order chi connectivity index (χ1) is 17.4. The second-order valence-corrected chi connectivity index (χ2v) is 9.71. The second kappa shape index (κ2) is 10.1. The minimum atomic E-state index is -4.49. The number of nitrogens with one attached hydrogen (secondary N) is 1. The van der Waals surface area contributed by atoms with Gasteiger partial charge in [0.15, 0.2) is 5.78 Å². The molecule has 2 unspecified atom stereocenters.